The minimum Gasteiger partial charge on any atom is -0.480 e. The van der Waals surface area contributed by atoms with Crippen molar-refractivity contribution in [1.29, 1.82) is 0 Å². The third-order valence-corrected chi connectivity index (χ3v) is 3.67. The van der Waals surface area contributed by atoms with Gasteiger partial charge in [-0.1, -0.05) is 0 Å². The summed E-state index contributed by atoms with van der Waals surface area (Å²) < 4.78 is 0. The van der Waals surface area contributed by atoms with Crippen LogP contribution in [0.15, 0.2) is 0 Å². The maximum Gasteiger partial charge on any atom is 0.323 e. The summed E-state index contributed by atoms with van der Waals surface area (Å²) >= 11 is 0. The van der Waals surface area contributed by atoms with Crippen LogP contribution in [0.2, 0.25) is 0 Å². The number of amides is 2. The van der Waals surface area contributed by atoms with Gasteiger partial charge in [0.2, 0.25) is 0 Å². The highest BCUT2D eigenvalue weighted by Crippen LogP contribution is 2.24. The minimum absolute atomic E-state index is 0.0138. The number of carboxylic acids is 1. The summed E-state index contributed by atoms with van der Waals surface area (Å²) in [7, 11) is 0. The van der Waals surface area contributed by atoms with E-state index in [9.17, 15) is 9.59 Å². The molecule has 0 aliphatic carbocycles. The molecule has 1 fully saturated rings. The van der Waals surface area contributed by atoms with E-state index in [1.807, 2.05) is 20.8 Å². The van der Waals surface area contributed by atoms with Gasteiger partial charge in [0.05, 0.1) is 0 Å². The number of nitrogens with zero attached hydrogens (tertiary/aromatic N) is 2. The van der Waals surface area contributed by atoms with Gasteiger partial charge in [-0.3, -0.25) is 4.79 Å². The van der Waals surface area contributed by atoms with Gasteiger partial charge in [0.1, 0.15) is 6.54 Å². The molecule has 0 saturated carbocycles. The zero-order chi connectivity index (χ0) is 15.3. The van der Waals surface area contributed by atoms with Crippen LogP contribution in [0.4, 0.5) is 4.79 Å². The lowest BCUT2D eigenvalue weighted by molar-refractivity contribution is -0.138. The van der Waals surface area contributed by atoms with Gasteiger partial charge in [0.15, 0.2) is 0 Å². The highest BCUT2D eigenvalue weighted by atomic mass is 16.4. The average molecular weight is 286 g/mol. The number of carbonyl (C=O) groups excluding carboxylic acids is 1. The summed E-state index contributed by atoms with van der Waals surface area (Å²) in [6.45, 7) is 5.87. The molecule has 0 aromatic rings. The second kappa shape index (κ2) is 6.92. The average Bonchev–Trinajstić information content (AvgIpc) is 2.35. The molecule has 1 saturated heterocycles. The number of piperidine rings is 1. The zero-order valence-electron chi connectivity index (χ0n) is 12.6. The fourth-order valence-electron chi connectivity index (χ4n) is 2.58. The maximum absolute atomic E-state index is 12.7. The number of likely N-dealkylation sites (tertiary alicyclic amines) is 1. The highest BCUT2D eigenvalue weighted by molar-refractivity contribution is 5.81. The lowest BCUT2D eigenvalue weighted by atomic mass is 9.99. The van der Waals surface area contributed by atoms with Crippen molar-refractivity contribution in [2.45, 2.75) is 58.0 Å². The van der Waals surface area contributed by atoms with Crippen molar-refractivity contribution in [2.24, 2.45) is 0 Å². The van der Waals surface area contributed by atoms with Gasteiger partial charge in [0.25, 0.3) is 0 Å². The van der Waals surface area contributed by atoms with E-state index in [4.69, 9.17) is 10.2 Å². The number of carbonyl (C=O) groups is 2. The van der Waals surface area contributed by atoms with Crippen LogP contribution in [0.25, 0.3) is 0 Å². The summed E-state index contributed by atoms with van der Waals surface area (Å²) in [6.07, 6.45) is 3.40. The summed E-state index contributed by atoms with van der Waals surface area (Å²) in [4.78, 5) is 26.8. The molecular formula is C14H26N2O4. The summed E-state index contributed by atoms with van der Waals surface area (Å²) in [5.41, 5.74) is -0.545. The number of carboxylic acid groups (broad SMARTS) is 1. The Morgan fingerprint density at radius 1 is 1.30 bits per heavy atom. The Hall–Kier alpha value is -1.30. The van der Waals surface area contributed by atoms with Crippen LogP contribution in [0.3, 0.4) is 0 Å². The molecule has 0 aromatic heterocycles. The van der Waals surface area contributed by atoms with Gasteiger partial charge in [-0.25, -0.2) is 4.79 Å². The van der Waals surface area contributed by atoms with Gasteiger partial charge < -0.3 is 20.0 Å². The molecule has 6 nitrogen and oxygen atoms in total. The molecule has 1 aliphatic rings. The Labute approximate surface area is 120 Å². The zero-order valence-corrected chi connectivity index (χ0v) is 12.6. The Kier molecular flexibility index (Phi) is 5.80. The quantitative estimate of drug-likeness (QED) is 0.821. The molecule has 1 rings (SSSR count). The van der Waals surface area contributed by atoms with Crippen LogP contribution in [0, 0.1) is 0 Å². The Balaban J connectivity index is 2.88. The lowest BCUT2D eigenvalue weighted by Gasteiger charge is -2.43. The molecule has 1 atom stereocenters. The first-order chi connectivity index (χ1) is 9.27. The number of hydrogen-bond donors (Lipinski definition) is 2. The molecule has 2 amide bonds. The van der Waals surface area contributed by atoms with Crippen molar-refractivity contribution >= 4 is 12.0 Å². The molecule has 2 N–H and O–H groups in total. The smallest absolute Gasteiger partial charge is 0.323 e. The normalized spacial score (nSPS) is 19.8. The van der Waals surface area contributed by atoms with Crippen molar-refractivity contribution in [3.63, 3.8) is 0 Å². The van der Waals surface area contributed by atoms with E-state index in [1.165, 1.54) is 4.90 Å². The fraction of sp³-hybridized carbons (Fsp3) is 0.857. The first-order valence-corrected chi connectivity index (χ1v) is 7.18. The number of rotatable bonds is 4. The minimum atomic E-state index is -1.01. The van der Waals surface area contributed by atoms with Crippen molar-refractivity contribution < 1.29 is 19.8 Å². The number of aliphatic carboxylic acids is 1. The van der Waals surface area contributed by atoms with Gasteiger partial charge >= 0.3 is 12.0 Å². The van der Waals surface area contributed by atoms with Crippen LogP contribution >= 0.6 is 0 Å². The molecule has 1 unspecified atom stereocenters. The van der Waals surface area contributed by atoms with E-state index in [-0.39, 0.29) is 25.2 Å². The van der Waals surface area contributed by atoms with Gasteiger partial charge in [-0.05, 0) is 46.5 Å². The van der Waals surface area contributed by atoms with Crippen molar-refractivity contribution in [3.8, 4) is 0 Å². The Morgan fingerprint density at radius 3 is 2.45 bits per heavy atom. The number of aliphatic hydroxyl groups excluding tert-OH is 1. The largest absolute Gasteiger partial charge is 0.480 e. The topological polar surface area (TPSA) is 81.1 Å². The van der Waals surface area contributed by atoms with Gasteiger partial charge in [0, 0.05) is 24.7 Å². The number of urea groups is 1. The third kappa shape index (κ3) is 4.37. The fourth-order valence-corrected chi connectivity index (χ4v) is 2.58. The molecule has 0 bridgehead atoms. The van der Waals surface area contributed by atoms with Crippen LogP contribution < -0.4 is 0 Å². The predicted octanol–water partition coefficient (Wildman–Crippen LogP) is 1.53. The van der Waals surface area contributed by atoms with Crippen LogP contribution in [-0.4, -0.2) is 63.3 Å². The van der Waals surface area contributed by atoms with Crippen LogP contribution in [0.1, 0.15) is 46.5 Å². The van der Waals surface area contributed by atoms with E-state index in [0.717, 1.165) is 19.3 Å². The summed E-state index contributed by atoms with van der Waals surface area (Å²) in [5.74, 6) is -1.01. The van der Waals surface area contributed by atoms with Crippen molar-refractivity contribution in [3.05, 3.63) is 0 Å². The van der Waals surface area contributed by atoms with E-state index >= 15 is 0 Å². The third-order valence-electron chi connectivity index (χ3n) is 3.67. The predicted molar refractivity (Wildman–Crippen MR) is 75.5 cm³/mol. The summed E-state index contributed by atoms with van der Waals surface area (Å²) in [6, 6.07) is -0.224. The highest BCUT2D eigenvalue weighted by Gasteiger charge is 2.35. The molecular weight excluding hydrogens is 260 g/mol. The summed E-state index contributed by atoms with van der Waals surface area (Å²) in [5, 5.41) is 18.1. The first kappa shape index (κ1) is 16.8. The lowest BCUT2D eigenvalue weighted by Crippen LogP contribution is -2.57. The second-order valence-electron chi connectivity index (χ2n) is 6.29. The van der Waals surface area contributed by atoms with E-state index < -0.39 is 11.5 Å². The molecule has 0 aromatic carbocycles. The van der Waals surface area contributed by atoms with Gasteiger partial charge in [-0.2, -0.15) is 0 Å². The first-order valence-electron chi connectivity index (χ1n) is 7.18. The molecule has 1 heterocycles. The van der Waals surface area contributed by atoms with Crippen molar-refractivity contribution in [2.75, 3.05) is 19.7 Å². The van der Waals surface area contributed by atoms with Crippen molar-refractivity contribution in [1.82, 2.24) is 9.80 Å². The van der Waals surface area contributed by atoms with Crippen LogP contribution in [-0.2, 0) is 4.79 Å². The Morgan fingerprint density at radius 2 is 1.95 bits per heavy atom. The number of aliphatic hydroxyl groups is 1. The van der Waals surface area contributed by atoms with Gasteiger partial charge in [-0.15, -0.1) is 0 Å². The molecule has 0 spiro atoms. The standard InChI is InChI=1S/C14H26N2O4/c1-14(2,3)16(10-12(18)19)13(20)15-8-5-4-6-11(15)7-9-17/h11,17H,4-10H2,1-3H3,(H,18,19). The SMILES string of the molecule is CC(C)(C)N(CC(=O)O)C(=O)N1CCCCC1CCO. The molecule has 6 heteroatoms. The molecule has 116 valence electrons. The molecule has 0 radical (unpaired) electrons. The second-order valence-corrected chi connectivity index (χ2v) is 6.29. The van der Waals surface area contributed by atoms with E-state index in [0.29, 0.717) is 13.0 Å². The monoisotopic (exact) mass is 286 g/mol. The Bertz CT molecular complexity index is 350. The van der Waals surface area contributed by atoms with E-state index in [2.05, 4.69) is 0 Å². The maximum atomic E-state index is 12.7. The molecule has 20 heavy (non-hydrogen) atoms. The van der Waals surface area contributed by atoms with Crippen LogP contribution in [0.5, 0.6) is 0 Å². The number of hydrogen-bond acceptors (Lipinski definition) is 3. The molecule has 1 aliphatic heterocycles. The van der Waals surface area contributed by atoms with E-state index in [1.54, 1.807) is 4.90 Å².